The minimum absolute atomic E-state index is 0.0350. The van der Waals surface area contributed by atoms with E-state index in [4.69, 9.17) is 13.6 Å². The third-order valence-electron chi connectivity index (χ3n) is 4.82. The van der Waals surface area contributed by atoms with E-state index in [1.54, 1.807) is 44.2 Å². The molecule has 1 aromatic carbocycles. The van der Waals surface area contributed by atoms with Crippen LogP contribution in [0, 0.1) is 0 Å². The van der Waals surface area contributed by atoms with Gasteiger partial charge in [-0.25, -0.2) is 9.59 Å². The zero-order valence-electron chi connectivity index (χ0n) is 15.7. The molecule has 9 heteroatoms. The molecule has 29 heavy (non-hydrogen) atoms. The van der Waals surface area contributed by atoms with E-state index in [9.17, 15) is 14.4 Å². The zero-order chi connectivity index (χ0) is 20.8. The Kier molecular flexibility index (Phi) is 4.70. The summed E-state index contributed by atoms with van der Waals surface area (Å²) < 4.78 is 16.9. The fourth-order valence-electron chi connectivity index (χ4n) is 3.37. The van der Waals surface area contributed by atoms with Crippen LogP contribution in [0.5, 0.6) is 0 Å². The first-order valence-electron chi connectivity index (χ1n) is 8.91. The third-order valence-corrected chi connectivity index (χ3v) is 5.31. The highest BCUT2D eigenvalue weighted by molar-refractivity contribution is 9.10. The van der Waals surface area contributed by atoms with Crippen LogP contribution in [0.2, 0.25) is 0 Å². The Hall–Kier alpha value is -3.07. The Morgan fingerprint density at radius 3 is 2.79 bits per heavy atom. The lowest BCUT2D eigenvalue weighted by atomic mass is 9.99. The Bertz CT molecular complexity index is 1120. The first-order valence-corrected chi connectivity index (χ1v) is 9.70. The average Bonchev–Trinajstić information content (AvgIpc) is 3.38. The second-order valence-corrected chi connectivity index (χ2v) is 7.61. The molecular formula is C20H17BrN2O6. The van der Waals surface area contributed by atoms with Gasteiger partial charge in [0.15, 0.2) is 5.54 Å². The summed E-state index contributed by atoms with van der Waals surface area (Å²) in [6.45, 7) is 3.27. The van der Waals surface area contributed by atoms with Crippen molar-refractivity contribution in [3.8, 4) is 0 Å². The number of hydrogen-bond donors (Lipinski definition) is 1. The molecule has 3 amide bonds. The molecule has 1 aliphatic rings. The quantitative estimate of drug-likeness (QED) is 0.457. The molecule has 1 N–H and O–H groups in total. The molecule has 3 heterocycles. The Morgan fingerprint density at radius 2 is 2.10 bits per heavy atom. The van der Waals surface area contributed by atoms with Crippen molar-refractivity contribution in [2.24, 2.45) is 0 Å². The minimum atomic E-state index is -1.33. The van der Waals surface area contributed by atoms with Gasteiger partial charge in [0.2, 0.25) is 5.76 Å². The summed E-state index contributed by atoms with van der Waals surface area (Å²) in [5, 5.41) is 3.27. The predicted molar refractivity (Wildman–Crippen MR) is 105 cm³/mol. The van der Waals surface area contributed by atoms with Gasteiger partial charge in [0.05, 0.1) is 19.4 Å². The van der Waals surface area contributed by atoms with Crippen LogP contribution < -0.4 is 5.32 Å². The van der Waals surface area contributed by atoms with Crippen molar-refractivity contribution >= 4 is 44.8 Å². The van der Waals surface area contributed by atoms with Crippen molar-refractivity contribution in [1.29, 1.82) is 0 Å². The molecule has 0 bridgehead atoms. The number of carbonyl (C=O) groups is 3. The Labute approximate surface area is 173 Å². The number of imide groups is 1. The molecule has 4 rings (SSSR count). The number of ether oxygens (including phenoxy) is 1. The van der Waals surface area contributed by atoms with Crippen molar-refractivity contribution < 1.29 is 28.0 Å². The highest BCUT2D eigenvalue weighted by atomic mass is 79.9. The van der Waals surface area contributed by atoms with E-state index in [0.29, 0.717) is 22.3 Å². The normalized spacial score (nSPS) is 19.1. The number of carbonyl (C=O) groups excluding carboxylic acids is 3. The fourth-order valence-corrected chi connectivity index (χ4v) is 3.73. The number of amides is 3. The zero-order valence-corrected chi connectivity index (χ0v) is 17.2. The van der Waals surface area contributed by atoms with Gasteiger partial charge >= 0.3 is 12.0 Å². The van der Waals surface area contributed by atoms with Crippen molar-refractivity contribution in [1.82, 2.24) is 10.2 Å². The van der Waals surface area contributed by atoms with E-state index < -0.39 is 23.4 Å². The Morgan fingerprint density at radius 1 is 1.31 bits per heavy atom. The van der Waals surface area contributed by atoms with E-state index in [1.807, 2.05) is 0 Å². The smallest absolute Gasteiger partial charge is 0.374 e. The van der Waals surface area contributed by atoms with Gasteiger partial charge in [0.25, 0.3) is 5.91 Å². The van der Waals surface area contributed by atoms with Crippen LogP contribution in [-0.2, 0) is 21.6 Å². The number of furan rings is 2. The monoisotopic (exact) mass is 460 g/mol. The SMILES string of the molecule is CCOC(=O)c1oc2ccc(Br)cc2c1CN1C(=O)NC(C)(c2ccco2)C1=O. The van der Waals surface area contributed by atoms with Crippen molar-refractivity contribution in [2.45, 2.75) is 25.9 Å². The van der Waals surface area contributed by atoms with Crippen LogP contribution in [0.15, 0.2) is 49.9 Å². The number of esters is 1. The van der Waals surface area contributed by atoms with Gasteiger partial charge < -0.3 is 18.9 Å². The molecule has 0 aliphatic carbocycles. The van der Waals surface area contributed by atoms with Gasteiger partial charge in [-0.1, -0.05) is 15.9 Å². The molecule has 1 unspecified atom stereocenters. The molecule has 0 saturated carbocycles. The highest BCUT2D eigenvalue weighted by Crippen LogP contribution is 2.34. The summed E-state index contributed by atoms with van der Waals surface area (Å²) in [6, 6.07) is 7.91. The lowest BCUT2D eigenvalue weighted by molar-refractivity contribution is -0.132. The van der Waals surface area contributed by atoms with E-state index in [1.165, 1.54) is 6.26 Å². The molecule has 0 radical (unpaired) electrons. The first kappa shape index (κ1) is 19.3. The van der Waals surface area contributed by atoms with Gasteiger partial charge in [-0.05, 0) is 44.2 Å². The number of urea groups is 1. The molecule has 1 atom stereocenters. The van der Waals surface area contributed by atoms with Crippen LogP contribution >= 0.6 is 15.9 Å². The maximum Gasteiger partial charge on any atom is 0.374 e. The van der Waals surface area contributed by atoms with Crippen LogP contribution in [-0.4, -0.2) is 29.4 Å². The first-order chi connectivity index (χ1) is 13.8. The summed E-state index contributed by atoms with van der Waals surface area (Å²) in [5.41, 5.74) is -0.482. The van der Waals surface area contributed by atoms with Crippen LogP contribution in [0.25, 0.3) is 11.0 Å². The van der Waals surface area contributed by atoms with Crippen molar-refractivity contribution in [2.75, 3.05) is 6.61 Å². The number of benzene rings is 1. The number of nitrogens with one attached hydrogen (secondary N) is 1. The van der Waals surface area contributed by atoms with Crippen LogP contribution in [0.1, 0.15) is 35.7 Å². The molecule has 3 aromatic rings. The molecule has 8 nitrogen and oxygen atoms in total. The van der Waals surface area contributed by atoms with Gasteiger partial charge in [-0.2, -0.15) is 0 Å². The standard InChI is InChI=1S/C20H17BrN2O6/c1-3-27-17(24)16-13(12-9-11(21)6-7-14(12)29-16)10-23-18(25)20(2,22-19(23)26)15-5-4-8-28-15/h4-9H,3,10H2,1-2H3,(H,22,26). The maximum absolute atomic E-state index is 13.1. The lowest BCUT2D eigenvalue weighted by Gasteiger charge is -2.19. The number of fused-ring (bicyclic) bond motifs is 1. The van der Waals surface area contributed by atoms with Gasteiger partial charge in [-0.15, -0.1) is 0 Å². The molecular weight excluding hydrogens is 444 g/mol. The van der Waals surface area contributed by atoms with Crippen LogP contribution in [0.4, 0.5) is 4.79 Å². The fraction of sp³-hybridized carbons (Fsp3) is 0.250. The molecule has 0 spiro atoms. The molecule has 1 fully saturated rings. The predicted octanol–water partition coefficient (Wildman–Crippen LogP) is 3.93. The number of halogens is 1. The molecule has 150 valence electrons. The number of nitrogens with zero attached hydrogens (tertiary/aromatic N) is 1. The largest absolute Gasteiger partial charge is 0.466 e. The van der Waals surface area contributed by atoms with E-state index >= 15 is 0 Å². The highest BCUT2D eigenvalue weighted by Gasteiger charge is 2.51. The number of rotatable bonds is 5. The topological polar surface area (TPSA) is 102 Å². The summed E-state index contributed by atoms with van der Waals surface area (Å²) >= 11 is 3.39. The molecule has 2 aromatic heterocycles. The average molecular weight is 461 g/mol. The van der Waals surface area contributed by atoms with E-state index in [0.717, 1.165) is 9.37 Å². The molecule has 1 saturated heterocycles. The van der Waals surface area contributed by atoms with Gasteiger partial charge in [0.1, 0.15) is 11.3 Å². The van der Waals surface area contributed by atoms with E-state index in [-0.39, 0.29) is 18.9 Å². The lowest BCUT2D eigenvalue weighted by Crippen LogP contribution is -2.40. The summed E-state index contributed by atoms with van der Waals surface area (Å²) in [7, 11) is 0. The van der Waals surface area contributed by atoms with Crippen molar-refractivity contribution in [3.05, 3.63) is 58.2 Å². The van der Waals surface area contributed by atoms with E-state index in [2.05, 4.69) is 21.2 Å². The molecule has 1 aliphatic heterocycles. The Balaban J connectivity index is 1.76. The summed E-state index contributed by atoms with van der Waals surface area (Å²) in [4.78, 5) is 39.2. The second kappa shape index (κ2) is 7.07. The van der Waals surface area contributed by atoms with Crippen molar-refractivity contribution in [3.63, 3.8) is 0 Å². The maximum atomic E-state index is 13.1. The van der Waals surface area contributed by atoms with Crippen LogP contribution in [0.3, 0.4) is 0 Å². The van der Waals surface area contributed by atoms with Gasteiger partial charge in [-0.3, -0.25) is 9.69 Å². The summed E-state index contributed by atoms with van der Waals surface area (Å²) in [5.74, 6) is -0.858. The van der Waals surface area contributed by atoms with Gasteiger partial charge in [0, 0.05) is 15.4 Å². The minimum Gasteiger partial charge on any atom is -0.466 e. The summed E-state index contributed by atoms with van der Waals surface area (Å²) in [6.07, 6.45) is 1.43. The number of hydrogen-bond acceptors (Lipinski definition) is 6. The second-order valence-electron chi connectivity index (χ2n) is 6.69. The third kappa shape index (κ3) is 3.11.